The number of benzene rings is 2. The molecule has 202 valence electrons. The Hall–Kier alpha value is -3.93. The summed E-state index contributed by atoms with van der Waals surface area (Å²) in [5.41, 5.74) is 0.951. The molecule has 0 aliphatic carbocycles. The summed E-state index contributed by atoms with van der Waals surface area (Å²) in [6.45, 7) is -0.159. The molecule has 0 saturated carbocycles. The van der Waals surface area contributed by atoms with Crippen LogP contribution < -0.4 is 5.32 Å². The van der Waals surface area contributed by atoms with Gasteiger partial charge in [-0.2, -0.15) is 0 Å². The molecule has 0 unspecified atom stereocenters. The van der Waals surface area contributed by atoms with Gasteiger partial charge in [0.2, 0.25) is 11.0 Å². The smallest absolute Gasteiger partial charge is 0.413 e. The molecular formula is C26H28F2N4O5S. The molecular weight excluding hydrogens is 518 g/mol. The molecule has 1 atom stereocenters. The number of aryl methyl sites for hydroxylation is 1. The highest BCUT2D eigenvalue weighted by Gasteiger charge is 2.23. The van der Waals surface area contributed by atoms with E-state index in [1.807, 2.05) is 30.3 Å². The highest BCUT2D eigenvalue weighted by atomic mass is 32.1. The van der Waals surface area contributed by atoms with Gasteiger partial charge in [0.1, 0.15) is 11.6 Å². The number of halogens is 2. The van der Waals surface area contributed by atoms with Gasteiger partial charge in [-0.25, -0.2) is 13.6 Å². The highest BCUT2D eigenvalue weighted by Crippen LogP contribution is 2.26. The van der Waals surface area contributed by atoms with Crippen molar-refractivity contribution < 1.29 is 32.6 Å². The van der Waals surface area contributed by atoms with Crippen molar-refractivity contribution in [2.24, 2.45) is 0 Å². The second kappa shape index (κ2) is 14.1. The van der Waals surface area contributed by atoms with E-state index in [0.717, 1.165) is 11.6 Å². The third-order valence-electron chi connectivity index (χ3n) is 5.79. The molecule has 0 spiro atoms. The Kier molecular flexibility index (Phi) is 10.6. The average molecular weight is 547 g/mol. The van der Waals surface area contributed by atoms with Crippen LogP contribution in [0.1, 0.15) is 31.2 Å². The standard InChI is InChI=1S/C26H28F2N4O5S/c1-32(21(33)15-14-17-10-6-12-20(27)23(17)28)19(11-7-13-22(34)36-2)16-37-26(35)29-25-31-30-24(38-25)18-8-4-3-5-9-18/h3-6,8-10,12,19H,7,11,13-16H2,1-2H3,(H,29,31,35)/t19-/m0/s1. The van der Waals surface area contributed by atoms with Gasteiger partial charge in [0.15, 0.2) is 11.6 Å². The van der Waals surface area contributed by atoms with Gasteiger partial charge < -0.3 is 14.4 Å². The number of hydrogen-bond donors (Lipinski definition) is 1. The number of rotatable bonds is 12. The molecule has 1 N–H and O–H groups in total. The Morgan fingerprint density at radius 3 is 2.55 bits per heavy atom. The van der Waals surface area contributed by atoms with Gasteiger partial charge in [-0.3, -0.25) is 14.9 Å². The zero-order valence-corrected chi connectivity index (χ0v) is 21.8. The molecule has 0 fully saturated rings. The van der Waals surface area contributed by atoms with Crippen LogP contribution in [-0.2, 0) is 25.5 Å². The van der Waals surface area contributed by atoms with Crippen molar-refractivity contribution in [1.82, 2.24) is 15.1 Å². The number of carbonyl (C=O) groups excluding carboxylic acids is 3. The van der Waals surface area contributed by atoms with E-state index in [0.29, 0.717) is 17.8 Å². The van der Waals surface area contributed by atoms with Crippen molar-refractivity contribution in [2.45, 2.75) is 38.1 Å². The van der Waals surface area contributed by atoms with Gasteiger partial charge in [0.25, 0.3) is 0 Å². The number of ether oxygens (including phenoxy) is 2. The summed E-state index contributed by atoms with van der Waals surface area (Å²) in [4.78, 5) is 38.1. The predicted octanol–water partition coefficient (Wildman–Crippen LogP) is 4.83. The minimum atomic E-state index is -0.982. The maximum Gasteiger partial charge on any atom is 0.413 e. The van der Waals surface area contributed by atoms with Crippen molar-refractivity contribution in [3.05, 3.63) is 65.7 Å². The fourth-order valence-electron chi connectivity index (χ4n) is 3.60. The Bertz CT molecular complexity index is 1240. The van der Waals surface area contributed by atoms with Crippen molar-refractivity contribution in [3.8, 4) is 10.6 Å². The number of carbonyl (C=O) groups is 3. The van der Waals surface area contributed by atoms with Crippen LogP contribution in [0.25, 0.3) is 10.6 Å². The van der Waals surface area contributed by atoms with Crippen LogP contribution in [0.2, 0.25) is 0 Å². The van der Waals surface area contributed by atoms with Gasteiger partial charge in [0, 0.05) is 25.5 Å². The van der Waals surface area contributed by atoms with Crippen molar-refractivity contribution >= 4 is 34.4 Å². The molecule has 0 bridgehead atoms. The molecule has 1 aromatic heterocycles. The van der Waals surface area contributed by atoms with E-state index in [9.17, 15) is 23.2 Å². The number of nitrogens with one attached hydrogen (secondary N) is 1. The molecule has 12 heteroatoms. The molecule has 0 aliphatic rings. The minimum absolute atomic E-state index is 0.00376. The highest BCUT2D eigenvalue weighted by molar-refractivity contribution is 7.18. The molecule has 2 aromatic carbocycles. The van der Waals surface area contributed by atoms with Crippen molar-refractivity contribution in [1.29, 1.82) is 0 Å². The number of aromatic nitrogens is 2. The number of methoxy groups -OCH3 is 1. The Morgan fingerprint density at radius 1 is 1.05 bits per heavy atom. The minimum Gasteiger partial charge on any atom is -0.469 e. The molecule has 2 amide bonds. The lowest BCUT2D eigenvalue weighted by atomic mass is 10.1. The molecule has 0 aliphatic heterocycles. The second-order valence-electron chi connectivity index (χ2n) is 8.34. The van der Waals surface area contributed by atoms with Crippen LogP contribution in [0.5, 0.6) is 0 Å². The van der Waals surface area contributed by atoms with Crippen LogP contribution in [0.4, 0.5) is 18.7 Å². The molecule has 38 heavy (non-hydrogen) atoms. The SMILES string of the molecule is COC(=O)CCC[C@@H](COC(=O)Nc1nnc(-c2ccccc2)s1)N(C)C(=O)CCc1cccc(F)c1F. The lowest BCUT2D eigenvalue weighted by molar-refractivity contribution is -0.140. The molecule has 9 nitrogen and oxygen atoms in total. The number of amides is 2. The van der Waals surface area contributed by atoms with E-state index in [1.54, 1.807) is 0 Å². The lowest BCUT2D eigenvalue weighted by Gasteiger charge is -2.28. The van der Waals surface area contributed by atoms with Crippen molar-refractivity contribution in [3.63, 3.8) is 0 Å². The summed E-state index contributed by atoms with van der Waals surface area (Å²) in [7, 11) is 2.82. The van der Waals surface area contributed by atoms with Crippen LogP contribution in [0.3, 0.4) is 0 Å². The number of anilines is 1. The molecule has 0 radical (unpaired) electrons. The zero-order valence-electron chi connectivity index (χ0n) is 21.0. The summed E-state index contributed by atoms with van der Waals surface area (Å²) in [5.74, 6) is -2.71. The van der Waals surface area contributed by atoms with Crippen molar-refractivity contribution in [2.75, 3.05) is 26.1 Å². The summed E-state index contributed by atoms with van der Waals surface area (Å²) < 4.78 is 37.4. The maximum absolute atomic E-state index is 14.0. The first-order chi connectivity index (χ1) is 18.3. The number of nitrogens with zero attached hydrogens (tertiary/aromatic N) is 3. The summed E-state index contributed by atoms with van der Waals surface area (Å²) in [6.07, 6.45) is 0.00269. The lowest BCUT2D eigenvalue weighted by Crippen LogP contribution is -2.41. The number of likely N-dealkylation sites (N-methyl/N-ethyl adjacent to an activating group) is 1. The maximum atomic E-state index is 14.0. The summed E-state index contributed by atoms with van der Waals surface area (Å²) >= 11 is 1.18. The summed E-state index contributed by atoms with van der Waals surface area (Å²) in [5, 5.41) is 11.4. The Morgan fingerprint density at radius 2 is 1.82 bits per heavy atom. The quantitative estimate of drug-likeness (QED) is 0.324. The fraction of sp³-hybridized carbons (Fsp3) is 0.346. The monoisotopic (exact) mass is 546 g/mol. The largest absolute Gasteiger partial charge is 0.469 e. The van der Waals surface area contributed by atoms with E-state index in [4.69, 9.17) is 4.74 Å². The third-order valence-corrected chi connectivity index (χ3v) is 6.68. The van der Waals surface area contributed by atoms with E-state index >= 15 is 0 Å². The van der Waals surface area contributed by atoms with Gasteiger partial charge in [-0.1, -0.05) is 53.8 Å². The van der Waals surface area contributed by atoms with Crippen LogP contribution in [0.15, 0.2) is 48.5 Å². The molecule has 0 saturated heterocycles. The first-order valence-electron chi connectivity index (χ1n) is 11.9. The van der Waals surface area contributed by atoms with E-state index in [2.05, 4.69) is 20.3 Å². The van der Waals surface area contributed by atoms with Gasteiger partial charge in [-0.05, 0) is 30.9 Å². The average Bonchev–Trinajstić information content (AvgIpc) is 3.39. The van der Waals surface area contributed by atoms with E-state index in [-0.39, 0.29) is 42.5 Å². The van der Waals surface area contributed by atoms with E-state index in [1.165, 1.54) is 42.5 Å². The Labute approximate surface area is 222 Å². The predicted molar refractivity (Wildman–Crippen MR) is 137 cm³/mol. The second-order valence-corrected chi connectivity index (χ2v) is 9.32. The van der Waals surface area contributed by atoms with Gasteiger partial charge in [0.05, 0.1) is 13.2 Å². The molecule has 3 aromatic rings. The Balaban J connectivity index is 1.57. The summed E-state index contributed by atoms with van der Waals surface area (Å²) in [6, 6.07) is 12.6. The van der Waals surface area contributed by atoms with E-state index < -0.39 is 29.7 Å². The zero-order chi connectivity index (χ0) is 27.5. The van der Waals surface area contributed by atoms with Gasteiger partial charge >= 0.3 is 12.1 Å². The molecule has 3 rings (SSSR count). The van der Waals surface area contributed by atoms with Crippen LogP contribution in [0, 0.1) is 11.6 Å². The number of hydrogen-bond acceptors (Lipinski definition) is 8. The normalized spacial score (nSPS) is 11.5. The van der Waals surface area contributed by atoms with Crippen LogP contribution in [-0.4, -0.2) is 59.9 Å². The first kappa shape index (κ1) is 28.6. The third kappa shape index (κ3) is 8.30. The number of esters is 1. The van der Waals surface area contributed by atoms with Crippen LogP contribution >= 0.6 is 11.3 Å². The molecule has 1 heterocycles. The van der Waals surface area contributed by atoms with Gasteiger partial charge in [-0.15, -0.1) is 10.2 Å². The fourth-order valence-corrected chi connectivity index (χ4v) is 4.34. The first-order valence-corrected chi connectivity index (χ1v) is 12.7. The topological polar surface area (TPSA) is 111 Å².